The fourth-order valence-corrected chi connectivity index (χ4v) is 3.22. The van der Waals surface area contributed by atoms with Gasteiger partial charge in [0.15, 0.2) is 5.76 Å². The lowest BCUT2D eigenvalue weighted by Gasteiger charge is -2.13. The Morgan fingerprint density at radius 1 is 1.07 bits per heavy atom. The Hall–Kier alpha value is -2.93. The van der Waals surface area contributed by atoms with Crippen molar-refractivity contribution in [3.63, 3.8) is 0 Å². The van der Waals surface area contributed by atoms with Gasteiger partial charge in [-0.15, -0.1) is 10.2 Å². The Bertz CT molecular complexity index is 897. The van der Waals surface area contributed by atoms with Crippen LogP contribution in [-0.4, -0.2) is 46.0 Å². The van der Waals surface area contributed by atoms with Crippen molar-refractivity contribution in [2.24, 2.45) is 0 Å². The Labute approximate surface area is 157 Å². The number of likely N-dealkylation sites (tertiary alicyclic amines) is 1. The number of nitrogens with zero attached hydrogens (tertiary/aromatic N) is 4. The van der Waals surface area contributed by atoms with Crippen LogP contribution in [0.25, 0.3) is 11.5 Å². The molecule has 27 heavy (non-hydrogen) atoms. The summed E-state index contributed by atoms with van der Waals surface area (Å²) in [5, 5.41) is 8.08. The first-order valence-corrected chi connectivity index (χ1v) is 9.13. The minimum absolute atomic E-state index is 0.206. The van der Waals surface area contributed by atoms with Crippen molar-refractivity contribution in [1.29, 1.82) is 0 Å². The van der Waals surface area contributed by atoms with E-state index < -0.39 is 0 Å². The van der Waals surface area contributed by atoms with E-state index in [2.05, 4.69) is 15.1 Å². The first kappa shape index (κ1) is 17.5. The van der Waals surface area contributed by atoms with Gasteiger partial charge in [0.1, 0.15) is 5.76 Å². The van der Waals surface area contributed by atoms with Crippen LogP contribution in [0.3, 0.4) is 0 Å². The number of furan rings is 1. The smallest absolute Gasteiger partial charge is 0.289 e. The monoisotopic (exact) mass is 366 g/mol. The zero-order valence-corrected chi connectivity index (χ0v) is 15.3. The number of aromatic nitrogens is 2. The standard InChI is InChI=1S/C20H22N4O3/c1-23(14-18-21-22-19(27-18)15-7-3-2-4-8-15)20(25)17-10-9-16(26-17)13-24-11-5-6-12-24/h2-4,7-10H,5-6,11-14H2,1H3. The lowest BCUT2D eigenvalue weighted by Crippen LogP contribution is -2.26. The van der Waals surface area contributed by atoms with Crippen LogP contribution in [-0.2, 0) is 13.1 Å². The molecule has 1 amide bonds. The molecule has 1 aliphatic rings. The van der Waals surface area contributed by atoms with Crippen LogP contribution < -0.4 is 0 Å². The normalized spacial score (nSPS) is 14.6. The van der Waals surface area contributed by atoms with Gasteiger partial charge in [-0.25, -0.2) is 0 Å². The molecule has 1 fully saturated rings. The van der Waals surface area contributed by atoms with Gasteiger partial charge in [0.25, 0.3) is 5.91 Å². The van der Waals surface area contributed by atoms with Gasteiger partial charge in [-0.05, 0) is 50.2 Å². The molecular formula is C20H22N4O3. The first-order chi connectivity index (χ1) is 13.2. The SMILES string of the molecule is CN(Cc1nnc(-c2ccccc2)o1)C(=O)c1ccc(CN2CCCC2)o1. The van der Waals surface area contributed by atoms with Gasteiger partial charge in [-0.3, -0.25) is 9.69 Å². The van der Waals surface area contributed by atoms with Gasteiger partial charge in [0.05, 0.1) is 13.1 Å². The van der Waals surface area contributed by atoms with E-state index in [-0.39, 0.29) is 12.5 Å². The van der Waals surface area contributed by atoms with Gasteiger partial charge in [-0.2, -0.15) is 0 Å². The second-order valence-electron chi connectivity index (χ2n) is 6.78. The van der Waals surface area contributed by atoms with Crippen molar-refractivity contribution < 1.29 is 13.6 Å². The van der Waals surface area contributed by atoms with Gasteiger partial charge in [0, 0.05) is 12.6 Å². The number of carbonyl (C=O) groups excluding carboxylic acids is 1. The average molecular weight is 366 g/mol. The molecule has 0 aliphatic carbocycles. The Morgan fingerprint density at radius 2 is 1.85 bits per heavy atom. The van der Waals surface area contributed by atoms with Crippen molar-refractivity contribution in [1.82, 2.24) is 20.0 Å². The Morgan fingerprint density at radius 3 is 2.63 bits per heavy atom. The predicted molar refractivity (Wildman–Crippen MR) is 98.8 cm³/mol. The highest BCUT2D eigenvalue weighted by molar-refractivity contribution is 5.91. The molecule has 0 radical (unpaired) electrons. The molecule has 0 N–H and O–H groups in total. The average Bonchev–Trinajstić information content (AvgIpc) is 3.44. The van der Waals surface area contributed by atoms with Crippen molar-refractivity contribution in [2.45, 2.75) is 25.9 Å². The number of hydrogen-bond donors (Lipinski definition) is 0. The lowest BCUT2D eigenvalue weighted by atomic mass is 10.2. The van der Waals surface area contributed by atoms with Crippen LogP contribution in [0.5, 0.6) is 0 Å². The fourth-order valence-electron chi connectivity index (χ4n) is 3.22. The summed E-state index contributed by atoms with van der Waals surface area (Å²) in [6.45, 7) is 3.15. The molecule has 0 unspecified atom stereocenters. The third-order valence-corrected chi connectivity index (χ3v) is 4.66. The highest BCUT2D eigenvalue weighted by atomic mass is 16.4. The number of carbonyl (C=O) groups is 1. The molecule has 3 aromatic rings. The van der Waals surface area contributed by atoms with Gasteiger partial charge in [0.2, 0.25) is 11.8 Å². The maximum absolute atomic E-state index is 12.6. The third-order valence-electron chi connectivity index (χ3n) is 4.66. The maximum atomic E-state index is 12.6. The molecule has 0 spiro atoms. The molecule has 7 nitrogen and oxygen atoms in total. The summed E-state index contributed by atoms with van der Waals surface area (Å²) in [5.74, 6) is 1.76. The molecule has 7 heteroatoms. The van der Waals surface area contributed by atoms with Crippen LogP contribution in [0.1, 0.15) is 35.0 Å². The molecule has 1 aliphatic heterocycles. The number of hydrogen-bond acceptors (Lipinski definition) is 6. The molecule has 0 bridgehead atoms. The number of amides is 1. The summed E-state index contributed by atoms with van der Waals surface area (Å²) in [6, 6.07) is 13.1. The fraction of sp³-hybridized carbons (Fsp3) is 0.350. The van der Waals surface area contributed by atoms with Gasteiger partial charge >= 0.3 is 0 Å². The molecule has 3 heterocycles. The van der Waals surface area contributed by atoms with Gasteiger partial charge < -0.3 is 13.7 Å². The molecule has 0 saturated carbocycles. The molecule has 1 saturated heterocycles. The molecular weight excluding hydrogens is 344 g/mol. The van der Waals surface area contributed by atoms with Crippen LogP contribution in [0, 0.1) is 0 Å². The van der Waals surface area contributed by atoms with E-state index >= 15 is 0 Å². The van der Waals surface area contributed by atoms with Crippen LogP contribution in [0.15, 0.2) is 51.3 Å². The maximum Gasteiger partial charge on any atom is 0.289 e. The molecule has 4 rings (SSSR count). The van der Waals surface area contributed by atoms with Crippen LogP contribution >= 0.6 is 0 Å². The second-order valence-corrected chi connectivity index (χ2v) is 6.78. The highest BCUT2D eigenvalue weighted by Crippen LogP contribution is 2.19. The first-order valence-electron chi connectivity index (χ1n) is 9.13. The van der Waals surface area contributed by atoms with E-state index in [0.717, 1.165) is 31.0 Å². The summed E-state index contributed by atoms with van der Waals surface area (Å²) in [4.78, 5) is 16.5. The molecule has 2 aromatic heterocycles. The van der Waals surface area contributed by atoms with Crippen molar-refractivity contribution >= 4 is 5.91 Å². The number of benzene rings is 1. The summed E-state index contributed by atoms with van der Waals surface area (Å²) < 4.78 is 11.4. The largest absolute Gasteiger partial charge is 0.455 e. The van der Waals surface area contributed by atoms with Crippen molar-refractivity contribution in [3.05, 3.63) is 59.9 Å². The predicted octanol–water partition coefficient (Wildman–Crippen LogP) is 3.20. The van der Waals surface area contributed by atoms with Gasteiger partial charge in [-0.1, -0.05) is 18.2 Å². The molecule has 140 valence electrons. The van der Waals surface area contributed by atoms with E-state index in [9.17, 15) is 4.79 Å². The van der Waals surface area contributed by atoms with E-state index in [1.807, 2.05) is 36.4 Å². The highest BCUT2D eigenvalue weighted by Gasteiger charge is 2.20. The Kier molecular flexibility index (Phi) is 5.02. The molecule has 1 aromatic carbocycles. The van der Waals surface area contributed by atoms with Crippen molar-refractivity contribution in [3.8, 4) is 11.5 Å². The quantitative estimate of drug-likeness (QED) is 0.667. The topological polar surface area (TPSA) is 75.6 Å². The number of rotatable bonds is 6. The van der Waals surface area contributed by atoms with E-state index in [1.54, 1.807) is 13.1 Å². The molecule has 0 atom stereocenters. The lowest BCUT2D eigenvalue weighted by molar-refractivity contribution is 0.0738. The summed E-state index contributed by atoms with van der Waals surface area (Å²) in [7, 11) is 1.69. The Balaban J connectivity index is 1.38. The van der Waals surface area contributed by atoms with E-state index in [1.165, 1.54) is 17.7 Å². The van der Waals surface area contributed by atoms with Crippen LogP contribution in [0.2, 0.25) is 0 Å². The second kappa shape index (κ2) is 7.75. The summed E-state index contributed by atoms with van der Waals surface area (Å²) in [6.07, 6.45) is 2.45. The van der Waals surface area contributed by atoms with Crippen molar-refractivity contribution in [2.75, 3.05) is 20.1 Å². The zero-order valence-electron chi connectivity index (χ0n) is 15.3. The zero-order chi connectivity index (χ0) is 18.6. The summed E-state index contributed by atoms with van der Waals surface area (Å²) >= 11 is 0. The van der Waals surface area contributed by atoms with Crippen LogP contribution in [0.4, 0.5) is 0 Å². The van der Waals surface area contributed by atoms with E-state index in [4.69, 9.17) is 8.83 Å². The van der Waals surface area contributed by atoms with E-state index in [0.29, 0.717) is 17.5 Å². The minimum atomic E-state index is -0.206. The third kappa shape index (κ3) is 4.09. The minimum Gasteiger partial charge on any atom is -0.455 e. The summed E-state index contributed by atoms with van der Waals surface area (Å²) in [5.41, 5.74) is 0.850.